The Morgan fingerprint density at radius 3 is 1.33 bits per heavy atom. The largest absolute Gasteiger partial charge is 0.413 e. The second kappa shape index (κ2) is 5.72. The van der Waals surface area contributed by atoms with E-state index in [4.69, 9.17) is 0 Å². The van der Waals surface area contributed by atoms with Crippen LogP contribution < -0.4 is 0 Å². The average Bonchev–Trinajstić information content (AvgIpc) is 2.19. The van der Waals surface area contributed by atoms with Crippen molar-refractivity contribution in [3.63, 3.8) is 0 Å². The van der Waals surface area contributed by atoms with Gasteiger partial charge >= 0.3 is 18.5 Å². The van der Waals surface area contributed by atoms with Gasteiger partial charge in [-0.15, -0.1) is 0 Å². The molecule has 0 N–H and O–H groups in total. The number of allylic oxidation sites excluding steroid dienone is 2. The molecule has 0 aromatic rings. The van der Waals surface area contributed by atoms with Crippen LogP contribution in [0.5, 0.6) is 0 Å². The van der Waals surface area contributed by atoms with Crippen molar-refractivity contribution in [3.8, 4) is 0 Å². The highest BCUT2D eigenvalue weighted by Crippen LogP contribution is 2.52. The third kappa shape index (κ3) is 4.81. The van der Waals surface area contributed by atoms with Crippen LogP contribution in [0.1, 0.15) is 34.1 Å². The van der Waals surface area contributed by atoms with Gasteiger partial charge in [0.15, 0.2) is 5.92 Å². The van der Waals surface area contributed by atoms with Crippen molar-refractivity contribution in [1.29, 1.82) is 0 Å². The van der Waals surface area contributed by atoms with Gasteiger partial charge in [0.1, 0.15) is 0 Å². The summed E-state index contributed by atoms with van der Waals surface area (Å²) in [7, 11) is 0. The molecule has 0 heterocycles. The van der Waals surface area contributed by atoms with Crippen LogP contribution in [-0.2, 0) is 0 Å². The van der Waals surface area contributed by atoms with Crippen LogP contribution >= 0.6 is 0 Å². The van der Waals surface area contributed by atoms with Crippen LogP contribution in [0.4, 0.5) is 39.5 Å². The molecule has 21 heavy (non-hydrogen) atoms. The maximum absolute atomic E-state index is 12.9. The third-order valence-electron chi connectivity index (χ3n) is 3.55. The van der Waals surface area contributed by atoms with Gasteiger partial charge in [-0.1, -0.05) is 26.3 Å². The third-order valence-corrected chi connectivity index (χ3v) is 3.55. The Kier molecular flexibility index (Phi) is 5.47. The molecule has 9 heteroatoms. The number of alkyl halides is 9. The molecule has 0 saturated heterocycles. The molecule has 0 atom stereocenters. The number of halogens is 9. The van der Waals surface area contributed by atoms with E-state index in [1.54, 1.807) is 0 Å². The van der Waals surface area contributed by atoms with Crippen molar-refractivity contribution in [2.75, 3.05) is 0 Å². The molecule has 0 amide bonds. The zero-order valence-corrected chi connectivity index (χ0v) is 11.7. The van der Waals surface area contributed by atoms with Crippen molar-refractivity contribution in [3.05, 3.63) is 11.1 Å². The first-order chi connectivity index (χ1) is 8.96. The molecule has 0 aliphatic rings. The molecular formula is C12H15F9. The van der Waals surface area contributed by atoms with Crippen molar-refractivity contribution >= 4 is 0 Å². The molecule has 0 aliphatic carbocycles. The lowest BCUT2D eigenvalue weighted by Crippen LogP contribution is -2.43. The molecule has 0 bridgehead atoms. The molecule has 0 fully saturated rings. The van der Waals surface area contributed by atoms with Crippen LogP contribution in [-0.4, -0.2) is 18.5 Å². The number of hydrogen-bond acceptors (Lipinski definition) is 0. The van der Waals surface area contributed by atoms with Gasteiger partial charge in [0.25, 0.3) is 0 Å². The van der Waals surface area contributed by atoms with Gasteiger partial charge in [0, 0.05) is 0 Å². The Morgan fingerprint density at radius 1 is 0.810 bits per heavy atom. The average molecular weight is 330 g/mol. The first-order valence-corrected chi connectivity index (χ1v) is 5.88. The van der Waals surface area contributed by atoms with Gasteiger partial charge in [-0.2, -0.15) is 39.5 Å². The maximum Gasteiger partial charge on any atom is 0.413 e. The van der Waals surface area contributed by atoms with Gasteiger partial charge < -0.3 is 0 Å². The fourth-order valence-corrected chi connectivity index (χ4v) is 1.74. The van der Waals surface area contributed by atoms with E-state index in [-0.39, 0.29) is 6.42 Å². The van der Waals surface area contributed by atoms with E-state index in [1.807, 2.05) is 0 Å². The van der Waals surface area contributed by atoms with Crippen LogP contribution in [0, 0.1) is 11.3 Å². The highest BCUT2D eigenvalue weighted by molar-refractivity contribution is 5.27. The van der Waals surface area contributed by atoms with Crippen molar-refractivity contribution < 1.29 is 39.5 Å². The minimum absolute atomic E-state index is 0.0408. The standard InChI is InChI=1S/C12H15F9/c1-5-9(3,4)6(2)7(10(13,14)15)8(11(16,17)18)12(19,20)21/h8H,5H2,1-4H3/b7-6-. The molecule has 0 radical (unpaired) electrons. The smallest absolute Gasteiger partial charge is 0.170 e. The van der Waals surface area contributed by atoms with E-state index >= 15 is 0 Å². The van der Waals surface area contributed by atoms with E-state index in [0.29, 0.717) is 6.92 Å². The molecule has 0 spiro atoms. The minimum Gasteiger partial charge on any atom is -0.170 e. The Labute approximate surface area is 116 Å². The summed E-state index contributed by atoms with van der Waals surface area (Å²) in [6, 6.07) is 0. The van der Waals surface area contributed by atoms with E-state index in [9.17, 15) is 39.5 Å². The molecule has 0 aromatic heterocycles. The fourth-order valence-electron chi connectivity index (χ4n) is 1.74. The van der Waals surface area contributed by atoms with Crippen LogP contribution in [0.2, 0.25) is 0 Å². The van der Waals surface area contributed by atoms with Gasteiger partial charge in [-0.05, 0) is 18.8 Å². The summed E-state index contributed by atoms with van der Waals surface area (Å²) in [6.45, 7) is 4.38. The molecule has 0 aromatic carbocycles. The predicted octanol–water partition coefficient (Wildman–Crippen LogP) is 6.04. The Morgan fingerprint density at radius 2 is 1.14 bits per heavy atom. The van der Waals surface area contributed by atoms with Crippen LogP contribution in [0.25, 0.3) is 0 Å². The highest BCUT2D eigenvalue weighted by atomic mass is 19.4. The lowest BCUT2D eigenvalue weighted by molar-refractivity contribution is -0.284. The minimum atomic E-state index is -6.08. The molecule has 0 nitrogen and oxygen atoms in total. The highest BCUT2D eigenvalue weighted by Gasteiger charge is 2.64. The lowest BCUT2D eigenvalue weighted by atomic mass is 9.77. The summed E-state index contributed by atoms with van der Waals surface area (Å²) in [5, 5.41) is 0. The van der Waals surface area contributed by atoms with Crippen LogP contribution in [0.15, 0.2) is 11.1 Å². The monoisotopic (exact) mass is 330 g/mol. The van der Waals surface area contributed by atoms with Gasteiger partial charge in [-0.25, -0.2) is 0 Å². The summed E-state index contributed by atoms with van der Waals surface area (Å²) in [6.07, 6.45) is -17.9. The molecular weight excluding hydrogens is 315 g/mol. The van der Waals surface area contributed by atoms with E-state index < -0.39 is 41.0 Å². The Bertz CT molecular complexity index is 378. The molecule has 0 rings (SSSR count). The summed E-state index contributed by atoms with van der Waals surface area (Å²) in [5.41, 5.74) is -4.98. The first-order valence-electron chi connectivity index (χ1n) is 5.88. The Hall–Kier alpha value is -0.890. The maximum atomic E-state index is 12.9. The van der Waals surface area contributed by atoms with Gasteiger partial charge in [-0.3, -0.25) is 0 Å². The zero-order chi connectivity index (χ0) is 17.4. The van der Waals surface area contributed by atoms with Crippen LogP contribution in [0.3, 0.4) is 0 Å². The van der Waals surface area contributed by atoms with E-state index in [0.717, 1.165) is 13.8 Å². The quantitative estimate of drug-likeness (QED) is 0.437. The van der Waals surface area contributed by atoms with Crippen molar-refractivity contribution in [2.45, 2.75) is 52.6 Å². The predicted molar refractivity (Wildman–Crippen MR) is 58.4 cm³/mol. The van der Waals surface area contributed by atoms with Crippen molar-refractivity contribution in [2.24, 2.45) is 11.3 Å². The van der Waals surface area contributed by atoms with E-state index in [2.05, 4.69) is 0 Å². The SMILES string of the molecule is CCC(C)(C)/C(C)=C(/C(C(F)(F)F)C(F)(F)F)C(F)(F)F. The van der Waals surface area contributed by atoms with E-state index in [1.165, 1.54) is 6.92 Å². The molecule has 0 aliphatic heterocycles. The summed E-state index contributed by atoms with van der Waals surface area (Å²) < 4.78 is 114. The van der Waals surface area contributed by atoms with Gasteiger partial charge in [0.2, 0.25) is 0 Å². The zero-order valence-electron chi connectivity index (χ0n) is 11.7. The summed E-state index contributed by atoms with van der Waals surface area (Å²) in [5.74, 6) is -4.55. The molecule has 126 valence electrons. The first kappa shape index (κ1) is 20.1. The lowest BCUT2D eigenvalue weighted by Gasteiger charge is -2.33. The second-order valence-electron chi connectivity index (χ2n) is 5.29. The Balaban J connectivity index is 6.50. The van der Waals surface area contributed by atoms with Crippen molar-refractivity contribution in [1.82, 2.24) is 0 Å². The molecule has 0 unspecified atom stereocenters. The topological polar surface area (TPSA) is 0 Å². The number of rotatable bonds is 3. The second-order valence-corrected chi connectivity index (χ2v) is 5.29. The molecule has 0 saturated carbocycles. The normalized spacial score (nSPS) is 16.3. The fraction of sp³-hybridized carbons (Fsp3) is 0.833. The van der Waals surface area contributed by atoms with Gasteiger partial charge in [0.05, 0.1) is 5.57 Å². The summed E-state index contributed by atoms with van der Waals surface area (Å²) >= 11 is 0. The number of hydrogen-bond donors (Lipinski definition) is 0. The summed E-state index contributed by atoms with van der Waals surface area (Å²) in [4.78, 5) is 0.